The summed E-state index contributed by atoms with van der Waals surface area (Å²) >= 11 is 0. The van der Waals surface area contributed by atoms with Gasteiger partial charge in [-0.25, -0.2) is 0 Å². The van der Waals surface area contributed by atoms with Crippen LogP contribution in [-0.4, -0.2) is 42.1 Å². The Balaban J connectivity index is 1.90. The summed E-state index contributed by atoms with van der Waals surface area (Å²) < 4.78 is 5.43. The van der Waals surface area contributed by atoms with Crippen LogP contribution in [0.4, 0.5) is 0 Å². The molecule has 2 aromatic carbocycles. The minimum absolute atomic E-state index is 0.134. The van der Waals surface area contributed by atoms with Crippen molar-refractivity contribution in [2.45, 2.75) is 12.8 Å². The lowest BCUT2D eigenvalue weighted by molar-refractivity contribution is -0.143. The van der Waals surface area contributed by atoms with Crippen LogP contribution in [0.1, 0.15) is 23.2 Å². The van der Waals surface area contributed by atoms with Crippen molar-refractivity contribution in [3.05, 3.63) is 54.1 Å². The van der Waals surface area contributed by atoms with Gasteiger partial charge >= 0.3 is 5.97 Å². The van der Waals surface area contributed by atoms with Gasteiger partial charge in [0, 0.05) is 24.2 Å². The lowest BCUT2D eigenvalue weighted by Crippen LogP contribution is -2.42. The Bertz CT molecular complexity index is 773. The fourth-order valence-electron chi connectivity index (χ4n) is 3.23. The number of piperidine rings is 1. The molecule has 1 fully saturated rings. The molecule has 1 atom stereocenters. The van der Waals surface area contributed by atoms with Gasteiger partial charge in [0.25, 0.3) is 5.91 Å². The number of hydrogen-bond donors (Lipinski definition) is 1. The van der Waals surface area contributed by atoms with E-state index >= 15 is 0 Å². The number of carboxylic acids is 1. The molecule has 1 N–H and O–H groups in total. The van der Waals surface area contributed by atoms with Crippen LogP contribution in [0.25, 0.3) is 11.1 Å². The number of amides is 1. The number of benzene rings is 2. The van der Waals surface area contributed by atoms with E-state index in [2.05, 4.69) is 0 Å². The van der Waals surface area contributed by atoms with Crippen molar-refractivity contribution >= 4 is 11.9 Å². The molecule has 5 nitrogen and oxygen atoms in total. The fraction of sp³-hybridized carbons (Fsp3) is 0.300. The molecule has 3 rings (SSSR count). The summed E-state index contributed by atoms with van der Waals surface area (Å²) in [5, 5.41) is 9.21. The standard InChI is InChI=1S/C20H21NO4/c1-25-18-10-9-15(12-17(18)14-6-3-2-4-7-14)19(22)21-11-5-8-16(13-21)20(23)24/h2-4,6-7,9-10,12,16H,5,8,11,13H2,1H3,(H,23,24)/t16-/m0/s1. The van der Waals surface area contributed by atoms with E-state index in [0.29, 0.717) is 30.7 Å². The molecule has 1 amide bonds. The molecule has 0 spiro atoms. The maximum absolute atomic E-state index is 12.8. The molecule has 130 valence electrons. The van der Waals surface area contributed by atoms with Gasteiger partial charge in [0.1, 0.15) is 5.75 Å². The highest BCUT2D eigenvalue weighted by molar-refractivity contribution is 5.96. The second-order valence-corrected chi connectivity index (χ2v) is 6.21. The molecule has 0 unspecified atom stereocenters. The average molecular weight is 339 g/mol. The summed E-state index contributed by atoms with van der Waals surface area (Å²) in [6.07, 6.45) is 1.33. The second-order valence-electron chi connectivity index (χ2n) is 6.21. The van der Waals surface area contributed by atoms with Gasteiger partial charge in [-0.3, -0.25) is 9.59 Å². The van der Waals surface area contributed by atoms with Crippen LogP contribution in [0.3, 0.4) is 0 Å². The number of likely N-dealkylation sites (tertiary alicyclic amines) is 1. The highest BCUT2D eigenvalue weighted by atomic mass is 16.5. The third-order valence-corrected chi connectivity index (χ3v) is 4.59. The molecular formula is C20H21NO4. The number of aliphatic carboxylic acids is 1. The van der Waals surface area contributed by atoms with E-state index in [-0.39, 0.29) is 12.5 Å². The van der Waals surface area contributed by atoms with Gasteiger partial charge < -0.3 is 14.7 Å². The van der Waals surface area contributed by atoms with E-state index in [0.717, 1.165) is 11.1 Å². The third kappa shape index (κ3) is 3.65. The quantitative estimate of drug-likeness (QED) is 0.928. The van der Waals surface area contributed by atoms with Gasteiger partial charge in [0.15, 0.2) is 0 Å². The van der Waals surface area contributed by atoms with Gasteiger partial charge in [0.05, 0.1) is 13.0 Å². The Morgan fingerprint density at radius 1 is 1.16 bits per heavy atom. The first-order valence-electron chi connectivity index (χ1n) is 8.35. The van der Waals surface area contributed by atoms with Crippen LogP contribution in [0, 0.1) is 5.92 Å². The molecule has 1 aliphatic heterocycles. The van der Waals surface area contributed by atoms with Crippen molar-refractivity contribution in [2.24, 2.45) is 5.92 Å². The van der Waals surface area contributed by atoms with Crippen LogP contribution in [0.5, 0.6) is 5.75 Å². The number of hydrogen-bond acceptors (Lipinski definition) is 3. The molecule has 0 saturated carbocycles. The molecular weight excluding hydrogens is 318 g/mol. The number of rotatable bonds is 4. The summed E-state index contributed by atoms with van der Waals surface area (Å²) in [7, 11) is 1.60. The molecule has 0 bridgehead atoms. The van der Waals surface area contributed by atoms with E-state index in [4.69, 9.17) is 4.74 Å². The van der Waals surface area contributed by atoms with Crippen molar-refractivity contribution in [1.29, 1.82) is 0 Å². The number of carbonyl (C=O) groups is 2. The lowest BCUT2D eigenvalue weighted by atomic mass is 9.96. The zero-order valence-electron chi connectivity index (χ0n) is 14.1. The Hall–Kier alpha value is -2.82. The lowest BCUT2D eigenvalue weighted by Gasteiger charge is -2.31. The summed E-state index contributed by atoms with van der Waals surface area (Å²) in [6, 6.07) is 15.1. The van der Waals surface area contributed by atoms with Crippen LogP contribution in [-0.2, 0) is 4.79 Å². The first-order chi connectivity index (χ1) is 12.1. The van der Waals surface area contributed by atoms with Crippen molar-refractivity contribution in [2.75, 3.05) is 20.2 Å². The zero-order chi connectivity index (χ0) is 17.8. The summed E-state index contributed by atoms with van der Waals surface area (Å²) in [5.74, 6) is -0.752. The van der Waals surface area contributed by atoms with Gasteiger partial charge in [-0.1, -0.05) is 30.3 Å². The van der Waals surface area contributed by atoms with Crippen molar-refractivity contribution < 1.29 is 19.4 Å². The van der Waals surface area contributed by atoms with Gasteiger partial charge in [-0.15, -0.1) is 0 Å². The maximum Gasteiger partial charge on any atom is 0.308 e. The van der Waals surface area contributed by atoms with Crippen molar-refractivity contribution in [3.8, 4) is 16.9 Å². The molecule has 25 heavy (non-hydrogen) atoms. The van der Waals surface area contributed by atoms with E-state index in [1.807, 2.05) is 36.4 Å². The molecule has 0 aliphatic carbocycles. The van der Waals surface area contributed by atoms with E-state index in [9.17, 15) is 14.7 Å². The number of carbonyl (C=O) groups excluding carboxylic acids is 1. The SMILES string of the molecule is COc1ccc(C(=O)N2CCC[C@H](C(=O)O)C2)cc1-c1ccccc1. The van der Waals surface area contributed by atoms with Crippen molar-refractivity contribution in [1.82, 2.24) is 4.90 Å². The number of ether oxygens (including phenoxy) is 1. The maximum atomic E-state index is 12.8. The Kier molecular flexibility index (Phi) is 5.03. The molecule has 0 aromatic heterocycles. The number of nitrogens with zero attached hydrogens (tertiary/aromatic N) is 1. The zero-order valence-corrected chi connectivity index (χ0v) is 14.1. The number of carboxylic acid groups (broad SMARTS) is 1. The van der Waals surface area contributed by atoms with Gasteiger partial charge in [-0.2, -0.15) is 0 Å². The van der Waals surface area contributed by atoms with E-state index < -0.39 is 11.9 Å². The van der Waals surface area contributed by atoms with Gasteiger partial charge in [0.2, 0.25) is 0 Å². The van der Waals surface area contributed by atoms with Crippen LogP contribution < -0.4 is 4.74 Å². The average Bonchev–Trinajstić information content (AvgIpc) is 2.67. The number of methoxy groups -OCH3 is 1. The van der Waals surface area contributed by atoms with Crippen LogP contribution >= 0.6 is 0 Å². The third-order valence-electron chi connectivity index (χ3n) is 4.59. The summed E-state index contributed by atoms with van der Waals surface area (Å²) in [6.45, 7) is 0.857. The molecule has 2 aromatic rings. The molecule has 1 saturated heterocycles. The Labute approximate surface area is 146 Å². The fourth-order valence-corrected chi connectivity index (χ4v) is 3.23. The Morgan fingerprint density at radius 3 is 2.60 bits per heavy atom. The van der Waals surface area contributed by atoms with Gasteiger partial charge in [-0.05, 0) is 36.6 Å². The van der Waals surface area contributed by atoms with Crippen molar-refractivity contribution in [3.63, 3.8) is 0 Å². The normalized spacial score (nSPS) is 17.2. The summed E-state index contributed by atoms with van der Waals surface area (Å²) in [5.41, 5.74) is 2.36. The highest BCUT2D eigenvalue weighted by Crippen LogP contribution is 2.31. The highest BCUT2D eigenvalue weighted by Gasteiger charge is 2.29. The second kappa shape index (κ2) is 7.38. The van der Waals surface area contributed by atoms with E-state index in [1.165, 1.54) is 0 Å². The molecule has 5 heteroatoms. The smallest absolute Gasteiger partial charge is 0.308 e. The monoisotopic (exact) mass is 339 g/mol. The molecule has 1 heterocycles. The minimum atomic E-state index is -0.836. The summed E-state index contributed by atoms with van der Waals surface area (Å²) in [4.78, 5) is 25.7. The largest absolute Gasteiger partial charge is 0.496 e. The molecule has 1 aliphatic rings. The van der Waals surface area contributed by atoms with Crippen LogP contribution in [0.15, 0.2) is 48.5 Å². The van der Waals surface area contributed by atoms with Crippen LogP contribution in [0.2, 0.25) is 0 Å². The molecule has 0 radical (unpaired) electrons. The predicted octanol–water partition coefficient (Wildman–Crippen LogP) is 3.30. The Morgan fingerprint density at radius 2 is 1.92 bits per heavy atom. The minimum Gasteiger partial charge on any atom is -0.496 e. The first-order valence-corrected chi connectivity index (χ1v) is 8.35. The van der Waals surface area contributed by atoms with E-state index in [1.54, 1.807) is 24.1 Å². The predicted molar refractivity (Wildman–Crippen MR) is 94.7 cm³/mol. The first kappa shape index (κ1) is 17.0. The topological polar surface area (TPSA) is 66.8 Å².